The molecule has 0 aliphatic heterocycles. The van der Waals surface area contributed by atoms with Crippen molar-refractivity contribution >= 4 is 53.7 Å². The summed E-state index contributed by atoms with van der Waals surface area (Å²) in [6, 6.07) is -0.240. The molecule has 24 nitrogen and oxygen atoms in total. The fourth-order valence-corrected chi connectivity index (χ4v) is 14.7. The van der Waals surface area contributed by atoms with Gasteiger partial charge in [-0.15, -0.1) is 0 Å². The van der Waals surface area contributed by atoms with E-state index in [4.69, 9.17) is 42.6 Å². The highest BCUT2D eigenvalue weighted by atomic mass is 16.6. The van der Waals surface area contributed by atoms with Crippen molar-refractivity contribution in [2.45, 2.75) is 318 Å². The standard InChI is InChI=1S/C29H52N2O6.C27H48N2O6.C20H38N2O6/c1-7-35-27(32)16-21(6)30-24-12-10-22(14-19(24)4)17-23-11-13-25(20(5)15-23)31-26(29(34)37-9-3)18-28(33)36-8-2;1-5-33-25(30)16-19(4)28-22-12-8-20(9-13-22)17-21-10-14-23(15-11-21)29-24(27(32)35-7-3)18-26(31)34-6-2;1-6-26-18(23)12-16(5)22-14-15(4)10-9-11-21-17(20(25)28-8-3)13-19(24)27-7-2/h19-26,30-31H,7-18H2,1-6H3;19-24,28-29H,5-18H2,1-4H3;15-17,21-22H,6-14H2,1-5H3. The Hall–Kier alpha value is -5.01. The molecule has 0 aromatic heterocycles. The Labute approximate surface area is 601 Å². The molecule has 0 aromatic carbocycles. The first-order valence-corrected chi connectivity index (χ1v) is 38.8. The second kappa shape index (κ2) is 53.7. The van der Waals surface area contributed by atoms with Crippen LogP contribution in [0.4, 0.5) is 0 Å². The number of rotatable bonds is 44. The van der Waals surface area contributed by atoms with E-state index in [9.17, 15) is 43.2 Å². The summed E-state index contributed by atoms with van der Waals surface area (Å²) in [7, 11) is 0. The van der Waals surface area contributed by atoms with E-state index in [1.807, 2.05) is 20.8 Å². The third-order valence-corrected chi connectivity index (χ3v) is 19.6. The van der Waals surface area contributed by atoms with E-state index in [1.165, 1.54) is 51.4 Å². The van der Waals surface area contributed by atoms with Crippen LogP contribution >= 0.6 is 0 Å². The summed E-state index contributed by atoms with van der Waals surface area (Å²) in [5.41, 5.74) is 0. The Kier molecular flexibility index (Phi) is 48.9. The lowest BCUT2D eigenvalue weighted by atomic mass is 9.70. The molecule has 4 rings (SSSR count). The van der Waals surface area contributed by atoms with Crippen LogP contribution in [0.5, 0.6) is 0 Å². The van der Waals surface area contributed by atoms with Crippen molar-refractivity contribution in [3.05, 3.63) is 0 Å². The normalized spacial score (nSPS) is 24.1. The number of ether oxygens (including phenoxy) is 9. The second-order valence-corrected chi connectivity index (χ2v) is 28.4. The second-order valence-electron chi connectivity index (χ2n) is 28.4. The maximum absolute atomic E-state index is 12.5. The lowest BCUT2D eigenvalue weighted by molar-refractivity contribution is -0.152. The van der Waals surface area contributed by atoms with Gasteiger partial charge >= 0.3 is 53.7 Å². The lowest BCUT2D eigenvalue weighted by Gasteiger charge is -2.40. The molecule has 6 N–H and O–H groups in total. The molecule has 0 spiro atoms. The van der Waals surface area contributed by atoms with Crippen molar-refractivity contribution in [3.63, 3.8) is 0 Å². The Morgan fingerprint density at radius 1 is 0.340 bits per heavy atom. The third-order valence-electron chi connectivity index (χ3n) is 19.6. The van der Waals surface area contributed by atoms with E-state index in [0.717, 1.165) is 88.5 Å². The number of carbonyl (C=O) groups is 9. The molecular weight excluding hydrogens is 1280 g/mol. The Bertz CT molecular complexity index is 2300. The van der Waals surface area contributed by atoms with Crippen LogP contribution < -0.4 is 31.9 Å². The van der Waals surface area contributed by atoms with E-state index in [1.54, 1.807) is 48.5 Å². The van der Waals surface area contributed by atoms with Gasteiger partial charge in [0.25, 0.3) is 0 Å². The smallest absolute Gasteiger partial charge is 0.323 e. The minimum atomic E-state index is -0.683. The fourth-order valence-electron chi connectivity index (χ4n) is 14.7. The zero-order valence-electron chi connectivity index (χ0n) is 64.4. The number of esters is 9. The van der Waals surface area contributed by atoms with Crippen molar-refractivity contribution in [3.8, 4) is 0 Å². The molecule has 0 amide bonds. The molecule has 4 saturated carbocycles. The van der Waals surface area contributed by atoms with Gasteiger partial charge < -0.3 is 74.5 Å². The molecular formula is C76H138N6O18. The highest BCUT2D eigenvalue weighted by Gasteiger charge is 2.37. The van der Waals surface area contributed by atoms with Gasteiger partial charge in [0.05, 0.1) is 98.0 Å². The predicted octanol–water partition coefficient (Wildman–Crippen LogP) is 10.1. The lowest BCUT2D eigenvalue weighted by Crippen LogP contribution is -2.50. The van der Waals surface area contributed by atoms with E-state index in [0.29, 0.717) is 108 Å². The van der Waals surface area contributed by atoms with Gasteiger partial charge in [0, 0.05) is 42.3 Å². The van der Waals surface area contributed by atoms with Gasteiger partial charge in [-0.1, -0.05) is 20.8 Å². The molecule has 13 unspecified atom stereocenters. The Morgan fingerprint density at radius 3 is 1.06 bits per heavy atom. The first kappa shape index (κ1) is 91.1. The van der Waals surface area contributed by atoms with Gasteiger partial charge in [0.1, 0.15) is 18.1 Å². The van der Waals surface area contributed by atoms with Gasteiger partial charge in [0.2, 0.25) is 0 Å². The first-order valence-electron chi connectivity index (χ1n) is 38.8. The molecule has 580 valence electrons. The van der Waals surface area contributed by atoms with Crippen LogP contribution in [0.3, 0.4) is 0 Å². The summed E-state index contributed by atoms with van der Waals surface area (Å²) in [5.74, 6) is 1.61. The minimum absolute atomic E-state index is 0.00684. The summed E-state index contributed by atoms with van der Waals surface area (Å²) in [6.45, 7) is 33.3. The third kappa shape index (κ3) is 40.2. The summed E-state index contributed by atoms with van der Waals surface area (Å²) in [4.78, 5) is 107. The van der Waals surface area contributed by atoms with Crippen LogP contribution in [-0.2, 0) is 85.8 Å². The van der Waals surface area contributed by atoms with Crippen LogP contribution in [-0.4, -0.2) is 187 Å². The van der Waals surface area contributed by atoms with E-state index in [2.05, 4.69) is 66.5 Å². The molecule has 4 aliphatic carbocycles. The molecule has 4 aliphatic rings. The van der Waals surface area contributed by atoms with Crippen molar-refractivity contribution in [2.24, 2.45) is 41.4 Å². The predicted molar refractivity (Wildman–Crippen MR) is 385 cm³/mol. The topological polar surface area (TPSA) is 309 Å². The van der Waals surface area contributed by atoms with Gasteiger partial charge in [-0.3, -0.25) is 43.2 Å². The van der Waals surface area contributed by atoms with Crippen molar-refractivity contribution in [2.75, 3.05) is 72.6 Å². The van der Waals surface area contributed by atoms with Crippen LogP contribution in [0.25, 0.3) is 0 Å². The first-order chi connectivity index (χ1) is 47.8. The zero-order valence-corrected chi connectivity index (χ0v) is 64.4. The van der Waals surface area contributed by atoms with E-state index >= 15 is 0 Å². The van der Waals surface area contributed by atoms with Crippen LogP contribution in [0, 0.1) is 41.4 Å². The molecule has 0 bridgehead atoms. The average Bonchev–Trinajstić information content (AvgIpc) is 0.851. The molecule has 13 atom stereocenters. The highest BCUT2D eigenvalue weighted by Crippen LogP contribution is 2.40. The molecule has 0 radical (unpaired) electrons. The number of nitrogens with one attached hydrogen (secondary N) is 6. The average molecular weight is 1420 g/mol. The summed E-state index contributed by atoms with van der Waals surface area (Å²) >= 11 is 0. The molecule has 100 heavy (non-hydrogen) atoms. The maximum atomic E-state index is 12.5. The molecule has 0 heterocycles. The van der Waals surface area contributed by atoms with E-state index in [-0.39, 0.29) is 104 Å². The maximum Gasteiger partial charge on any atom is 0.323 e. The zero-order chi connectivity index (χ0) is 74.4. The summed E-state index contributed by atoms with van der Waals surface area (Å²) in [6.07, 6.45) is 21.6. The molecule has 0 saturated heterocycles. The minimum Gasteiger partial charge on any atom is -0.466 e. The highest BCUT2D eigenvalue weighted by molar-refractivity contribution is 5.84. The van der Waals surface area contributed by atoms with Gasteiger partial charge in [0.15, 0.2) is 0 Å². The molecule has 4 fully saturated rings. The SMILES string of the molecule is CCOC(=O)CC(C)NC1CCC(CC2CCC(NC(CC(=O)OCC)C(=O)OCC)C(C)C2)CC1C.CCOC(=O)CC(C)NC1CCC(CC2CCC(NC(CC(=O)OCC)C(=O)OCC)CC2)CC1.CCOC(=O)CC(C)NCC(C)CCCNC(CC(=O)OCC)C(=O)OCC. The van der Waals surface area contributed by atoms with Crippen molar-refractivity contribution in [1.29, 1.82) is 0 Å². The van der Waals surface area contributed by atoms with Crippen LogP contribution in [0.1, 0.15) is 258 Å². The number of hydrogen-bond donors (Lipinski definition) is 6. The summed E-state index contributed by atoms with van der Waals surface area (Å²) < 4.78 is 45.5. The largest absolute Gasteiger partial charge is 0.466 e. The number of hydrogen-bond acceptors (Lipinski definition) is 24. The van der Waals surface area contributed by atoms with Crippen molar-refractivity contribution < 1.29 is 85.8 Å². The van der Waals surface area contributed by atoms with Crippen LogP contribution in [0.2, 0.25) is 0 Å². The Morgan fingerprint density at radius 2 is 0.660 bits per heavy atom. The molecule has 24 heteroatoms. The molecule has 0 aromatic rings. The van der Waals surface area contributed by atoms with Crippen molar-refractivity contribution in [1.82, 2.24) is 31.9 Å². The summed E-state index contributed by atoms with van der Waals surface area (Å²) in [5, 5.41) is 20.5. The van der Waals surface area contributed by atoms with Gasteiger partial charge in [-0.2, -0.15) is 0 Å². The Balaban J connectivity index is 0.000000516. The quantitative estimate of drug-likeness (QED) is 0.0188. The monoisotopic (exact) mass is 1420 g/mol. The van der Waals surface area contributed by atoms with Crippen LogP contribution in [0.15, 0.2) is 0 Å². The van der Waals surface area contributed by atoms with Gasteiger partial charge in [-0.25, -0.2) is 0 Å². The number of carbonyl (C=O) groups excluding carboxylic acids is 9. The van der Waals surface area contributed by atoms with E-state index < -0.39 is 30.1 Å². The van der Waals surface area contributed by atoms with Gasteiger partial charge in [-0.05, 0) is 253 Å². The fraction of sp³-hybridized carbons (Fsp3) is 0.882.